The van der Waals surface area contributed by atoms with Crippen molar-refractivity contribution in [2.75, 3.05) is 0 Å². The Kier molecular flexibility index (Phi) is 4.95. The van der Waals surface area contributed by atoms with Crippen molar-refractivity contribution in [2.24, 2.45) is 0 Å². The van der Waals surface area contributed by atoms with Gasteiger partial charge in [0.05, 0.1) is 11.6 Å². The maximum Gasteiger partial charge on any atom is 0.287 e. The summed E-state index contributed by atoms with van der Waals surface area (Å²) < 4.78 is 13.0. The van der Waals surface area contributed by atoms with Gasteiger partial charge in [0.25, 0.3) is 5.91 Å². The normalized spacial score (nSPS) is 11.7. The monoisotopic (exact) mass is 387 g/mol. The molecule has 1 N–H and O–H groups in total. The second-order valence-electron chi connectivity index (χ2n) is 6.34. The Bertz CT molecular complexity index is 1200. The zero-order chi connectivity index (χ0) is 20.2. The first kappa shape index (κ1) is 18.3. The number of amides is 1. The SMILES string of the molecule is CC(NC(=O)c1ccc(COc2ccccc2C#N)o1)c1nnc2ccccn12. The highest BCUT2D eigenvalue weighted by atomic mass is 16.5. The molecule has 1 atom stereocenters. The third kappa shape index (κ3) is 3.80. The molecule has 3 aromatic heterocycles. The van der Waals surface area contributed by atoms with E-state index in [1.165, 1.54) is 0 Å². The molecule has 1 amide bonds. The molecule has 0 aliphatic carbocycles. The number of nitrogens with one attached hydrogen (secondary N) is 1. The number of pyridine rings is 1. The number of benzene rings is 1. The molecular weight excluding hydrogens is 370 g/mol. The lowest BCUT2D eigenvalue weighted by Crippen LogP contribution is -2.27. The highest BCUT2D eigenvalue weighted by Crippen LogP contribution is 2.19. The number of nitrogens with zero attached hydrogens (tertiary/aromatic N) is 4. The van der Waals surface area contributed by atoms with Gasteiger partial charge in [0.15, 0.2) is 17.2 Å². The van der Waals surface area contributed by atoms with E-state index in [0.29, 0.717) is 28.5 Å². The lowest BCUT2D eigenvalue weighted by Gasteiger charge is -2.11. The van der Waals surface area contributed by atoms with Gasteiger partial charge in [-0.1, -0.05) is 18.2 Å². The lowest BCUT2D eigenvalue weighted by molar-refractivity contribution is 0.0906. The first-order valence-electron chi connectivity index (χ1n) is 8.97. The van der Waals surface area contributed by atoms with Gasteiger partial charge in [0, 0.05) is 6.20 Å². The third-order valence-corrected chi connectivity index (χ3v) is 4.34. The van der Waals surface area contributed by atoms with E-state index < -0.39 is 0 Å². The van der Waals surface area contributed by atoms with Gasteiger partial charge in [0.2, 0.25) is 0 Å². The van der Waals surface area contributed by atoms with Gasteiger partial charge in [-0.15, -0.1) is 10.2 Å². The standard InChI is InChI=1S/C21H17N5O3/c1-14(20-25-24-19-8-4-5-11-26(19)20)23-21(27)18-10-9-16(29-18)13-28-17-7-3-2-6-15(17)12-22/h2-11,14H,13H2,1H3,(H,23,27). The Morgan fingerprint density at radius 3 is 2.90 bits per heavy atom. The van der Waals surface area contributed by atoms with E-state index in [-0.39, 0.29) is 24.3 Å². The predicted molar refractivity (Wildman–Crippen MR) is 103 cm³/mol. The van der Waals surface area contributed by atoms with Gasteiger partial charge < -0.3 is 14.5 Å². The van der Waals surface area contributed by atoms with Gasteiger partial charge >= 0.3 is 0 Å². The van der Waals surface area contributed by atoms with Crippen molar-refractivity contribution in [3.05, 3.63) is 83.7 Å². The van der Waals surface area contributed by atoms with Crippen LogP contribution >= 0.6 is 0 Å². The molecule has 4 rings (SSSR count). The minimum atomic E-state index is -0.368. The van der Waals surface area contributed by atoms with Crippen LogP contribution in [0.1, 0.15) is 40.7 Å². The Morgan fingerprint density at radius 1 is 1.21 bits per heavy atom. The van der Waals surface area contributed by atoms with Gasteiger partial charge in [0.1, 0.15) is 24.2 Å². The summed E-state index contributed by atoms with van der Waals surface area (Å²) in [6.45, 7) is 1.93. The van der Waals surface area contributed by atoms with Crippen LogP contribution < -0.4 is 10.1 Å². The Labute approximate surface area is 166 Å². The smallest absolute Gasteiger partial charge is 0.287 e. The van der Waals surface area contributed by atoms with E-state index in [0.717, 1.165) is 0 Å². The summed E-state index contributed by atoms with van der Waals surface area (Å²) in [6.07, 6.45) is 1.84. The van der Waals surface area contributed by atoms with Crippen molar-refractivity contribution in [3.63, 3.8) is 0 Å². The molecule has 4 aromatic rings. The number of hydrogen-bond acceptors (Lipinski definition) is 6. The molecule has 1 unspecified atom stereocenters. The van der Waals surface area contributed by atoms with Crippen molar-refractivity contribution in [3.8, 4) is 11.8 Å². The molecule has 0 saturated heterocycles. The highest BCUT2D eigenvalue weighted by Gasteiger charge is 2.19. The van der Waals surface area contributed by atoms with Crippen LogP contribution in [0.2, 0.25) is 0 Å². The van der Waals surface area contributed by atoms with Crippen LogP contribution in [-0.2, 0) is 6.61 Å². The summed E-state index contributed by atoms with van der Waals surface area (Å²) in [6, 6.07) is 17.5. The molecule has 144 valence electrons. The van der Waals surface area contributed by atoms with Gasteiger partial charge in [-0.05, 0) is 43.3 Å². The molecule has 0 spiro atoms. The molecule has 1 aromatic carbocycles. The third-order valence-electron chi connectivity index (χ3n) is 4.34. The first-order valence-corrected chi connectivity index (χ1v) is 8.97. The summed E-state index contributed by atoms with van der Waals surface area (Å²) in [5.41, 5.74) is 1.14. The minimum absolute atomic E-state index is 0.107. The lowest BCUT2D eigenvalue weighted by atomic mass is 10.2. The summed E-state index contributed by atoms with van der Waals surface area (Å²) in [5.74, 6) is 1.36. The fourth-order valence-electron chi connectivity index (χ4n) is 2.90. The second-order valence-corrected chi connectivity index (χ2v) is 6.34. The molecule has 3 heterocycles. The van der Waals surface area contributed by atoms with Crippen molar-refractivity contribution in [2.45, 2.75) is 19.6 Å². The van der Waals surface area contributed by atoms with Crippen molar-refractivity contribution >= 4 is 11.6 Å². The van der Waals surface area contributed by atoms with Crippen LogP contribution in [0.3, 0.4) is 0 Å². The number of aromatic nitrogens is 3. The fourth-order valence-corrected chi connectivity index (χ4v) is 2.90. The van der Waals surface area contributed by atoms with Crippen molar-refractivity contribution < 1.29 is 13.9 Å². The predicted octanol–water partition coefficient (Wildman–Crippen LogP) is 3.26. The van der Waals surface area contributed by atoms with E-state index in [1.54, 1.807) is 36.4 Å². The maximum absolute atomic E-state index is 12.5. The average Bonchev–Trinajstić information content (AvgIpc) is 3.39. The molecule has 0 aliphatic heterocycles. The maximum atomic E-state index is 12.5. The van der Waals surface area contributed by atoms with Gasteiger partial charge in [-0.3, -0.25) is 9.20 Å². The molecule has 8 heteroatoms. The van der Waals surface area contributed by atoms with Crippen LogP contribution in [0.4, 0.5) is 0 Å². The average molecular weight is 387 g/mol. The summed E-state index contributed by atoms with van der Waals surface area (Å²) in [4.78, 5) is 12.5. The van der Waals surface area contributed by atoms with Gasteiger partial charge in [-0.25, -0.2) is 0 Å². The number of carbonyl (C=O) groups excluding carboxylic acids is 1. The minimum Gasteiger partial charge on any atom is -0.484 e. The first-order chi connectivity index (χ1) is 14.2. The summed E-state index contributed by atoms with van der Waals surface area (Å²) in [7, 11) is 0. The van der Waals surface area contributed by atoms with Crippen LogP contribution in [0, 0.1) is 11.3 Å². The van der Waals surface area contributed by atoms with Crippen LogP contribution in [0.5, 0.6) is 5.75 Å². The number of carbonyl (C=O) groups is 1. The molecule has 0 aliphatic rings. The van der Waals surface area contributed by atoms with Crippen LogP contribution in [-0.4, -0.2) is 20.5 Å². The van der Waals surface area contributed by atoms with E-state index in [4.69, 9.17) is 14.4 Å². The summed E-state index contributed by atoms with van der Waals surface area (Å²) >= 11 is 0. The molecular formula is C21H17N5O3. The quantitative estimate of drug-likeness (QED) is 0.544. The molecule has 0 radical (unpaired) electrons. The highest BCUT2D eigenvalue weighted by molar-refractivity contribution is 5.91. The number of para-hydroxylation sites is 1. The molecule has 0 fully saturated rings. The Morgan fingerprint density at radius 2 is 2.03 bits per heavy atom. The van der Waals surface area contributed by atoms with E-state index in [2.05, 4.69) is 21.6 Å². The number of hydrogen-bond donors (Lipinski definition) is 1. The van der Waals surface area contributed by atoms with Crippen LogP contribution in [0.25, 0.3) is 5.65 Å². The zero-order valence-corrected chi connectivity index (χ0v) is 15.6. The number of fused-ring (bicyclic) bond motifs is 1. The fraction of sp³-hybridized carbons (Fsp3) is 0.143. The number of rotatable bonds is 6. The number of furan rings is 1. The molecule has 0 saturated carbocycles. The topological polar surface area (TPSA) is 105 Å². The number of nitriles is 1. The second kappa shape index (κ2) is 7.86. The Balaban J connectivity index is 1.41. The largest absolute Gasteiger partial charge is 0.484 e. The zero-order valence-electron chi connectivity index (χ0n) is 15.6. The van der Waals surface area contributed by atoms with Gasteiger partial charge in [-0.2, -0.15) is 5.26 Å². The van der Waals surface area contributed by atoms with E-state index in [1.807, 2.05) is 35.7 Å². The molecule has 0 bridgehead atoms. The van der Waals surface area contributed by atoms with E-state index in [9.17, 15) is 4.79 Å². The van der Waals surface area contributed by atoms with E-state index >= 15 is 0 Å². The van der Waals surface area contributed by atoms with Crippen molar-refractivity contribution in [1.29, 1.82) is 5.26 Å². The molecule has 8 nitrogen and oxygen atoms in total. The number of ether oxygens (including phenoxy) is 1. The van der Waals surface area contributed by atoms with Crippen LogP contribution in [0.15, 0.2) is 65.2 Å². The summed E-state index contributed by atoms with van der Waals surface area (Å²) in [5, 5.41) is 20.2. The Hall–Kier alpha value is -4.12. The molecule has 29 heavy (non-hydrogen) atoms. The van der Waals surface area contributed by atoms with Crippen molar-refractivity contribution in [1.82, 2.24) is 19.9 Å².